The minimum atomic E-state index is 0.0621. The number of fused-ring (bicyclic) bond motifs is 1. The van der Waals surface area contributed by atoms with Crippen LogP contribution in [0.4, 0.5) is 5.13 Å². The number of hydrogen-bond acceptors (Lipinski definition) is 3. The van der Waals surface area contributed by atoms with Gasteiger partial charge in [-0.2, -0.15) is 0 Å². The molecule has 0 N–H and O–H groups in total. The van der Waals surface area contributed by atoms with Gasteiger partial charge in [-0.15, -0.1) is 0 Å². The van der Waals surface area contributed by atoms with Crippen molar-refractivity contribution < 1.29 is 4.79 Å². The second-order valence-corrected chi connectivity index (χ2v) is 9.55. The fourth-order valence-corrected chi connectivity index (χ4v) is 5.30. The highest BCUT2D eigenvalue weighted by Gasteiger charge is 2.22. The highest BCUT2D eigenvalue weighted by molar-refractivity contribution is 9.10. The van der Waals surface area contributed by atoms with Gasteiger partial charge in [-0.05, 0) is 61.2 Å². The van der Waals surface area contributed by atoms with Gasteiger partial charge in [0.15, 0.2) is 5.13 Å². The molecule has 4 aromatic rings. The number of thiazole rings is 1. The van der Waals surface area contributed by atoms with Crippen LogP contribution >= 0.6 is 27.3 Å². The SMILES string of the molecule is Cc1cc(C)c(CC(=O)N(Cc2ccccc2)c2nc3ccc(Br)cc3s2)c(C)c1. The highest BCUT2D eigenvalue weighted by atomic mass is 79.9. The molecule has 0 unspecified atom stereocenters. The zero-order valence-electron chi connectivity index (χ0n) is 17.3. The van der Waals surface area contributed by atoms with Gasteiger partial charge in [-0.3, -0.25) is 9.69 Å². The van der Waals surface area contributed by atoms with Gasteiger partial charge in [0.05, 0.1) is 23.2 Å². The summed E-state index contributed by atoms with van der Waals surface area (Å²) in [5, 5.41) is 0.736. The number of carbonyl (C=O) groups excluding carboxylic acids is 1. The Morgan fingerprint density at radius 3 is 2.40 bits per heavy atom. The molecule has 1 heterocycles. The number of halogens is 1. The molecule has 0 fully saturated rings. The summed E-state index contributed by atoms with van der Waals surface area (Å²) in [5.74, 6) is 0.0621. The standard InChI is InChI=1S/C25H23BrN2OS/c1-16-11-17(2)21(18(3)12-16)14-24(29)28(15-19-7-5-4-6-8-19)25-27-22-10-9-20(26)13-23(22)30-25/h4-13H,14-15H2,1-3H3. The number of hydrogen-bond donors (Lipinski definition) is 0. The van der Waals surface area contributed by atoms with Crippen LogP contribution in [-0.2, 0) is 17.8 Å². The maximum Gasteiger partial charge on any atom is 0.233 e. The van der Waals surface area contributed by atoms with E-state index in [0.29, 0.717) is 13.0 Å². The first-order chi connectivity index (χ1) is 14.4. The fourth-order valence-electron chi connectivity index (χ4n) is 3.77. The molecule has 1 aromatic heterocycles. The Morgan fingerprint density at radius 1 is 1.00 bits per heavy atom. The summed E-state index contributed by atoms with van der Waals surface area (Å²) in [7, 11) is 0. The number of aryl methyl sites for hydroxylation is 3. The Hall–Kier alpha value is -2.50. The molecule has 0 saturated heterocycles. The molecule has 0 spiro atoms. The zero-order chi connectivity index (χ0) is 21.3. The molecule has 1 amide bonds. The van der Waals surface area contributed by atoms with E-state index in [0.717, 1.165) is 42.1 Å². The summed E-state index contributed by atoms with van der Waals surface area (Å²) in [6.07, 6.45) is 0.365. The molecule has 0 radical (unpaired) electrons. The summed E-state index contributed by atoms with van der Waals surface area (Å²) in [4.78, 5) is 20.1. The number of nitrogens with zero attached hydrogens (tertiary/aromatic N) is 2. The number of benzene rings is 3. The predicted octanol–water partition coefficient (Wildman–Crippen LogP) is 6.76. The smallest absolute Gasteiger partial charge is 0.233 e. The van der Waals surface area contributed by atoms with E-state index in [2.05, 4.69) is 54.9 Å². The molecular formula is C25H23BrN2OS. The minimum Gasteiger partial charge on any atom is -0.283 e. The van der Waals surface area contributed by atoms with Gasteiger partial charge in [-0.25, -0.2) is 4.98 Å². The van der Waals surface area contributed by atoms with Gasteiger partial charge >= 0.3 is 0 Å². The topological polar surface area (TPSA) is 33.2 Å². The van der Waals surface area contributed by atoms with Gasteiger partial charge in [0.1, 0.15) is 0 Å². The maximum absolute atomic E-state index is 13.5. The maximum atomic E-state index is 13.5. The molecule has 0 aliphatic heterocycles. The van der Waals surface area contributed by atoms with Crippen molar-refractivity contribution in [2.45, 2.75) is 33.7 Å². The van der Waals surface area contributed by atoms with Gasteiger partial charge in [-0.1, -0.05) is 75.3 Å². The Morgan fingerprint density at radius 2 is 1.70 bits per heavy atom. The Balaban J connectivity index is 1.71. The number of carbonyl (C=O) groups is 1. The van der Waals surface area contributed by atoms with Crippen LogP contribution in [0.3, 0.4) is 0 Å². The van der Waals surface area contributed by atoms with Crippen LogP contribution in [0, 0.1) is 20.8 Å². The zero-order valence-corrected chi connectivity index (χ0v) is 19.7. The summed E-state index contributed by atoms with van der Waals surface area (Å²) in [5.41, 5.74) is 6.64. The lowest BCUT2D eigenvalue weighted by atomic mass is 9.97. The number of rotatable bonds is 5. The lowest BCUT2D eigenvalue weighted by molar-refractivity contribution is -0.118. The fraction of sp³-hybridized carbons (Fsp3) is 0.200. The molecule has 4 rings (SSSR count). The van der Waals surface area contributed by atoms with Crippen molar-refractivity contribution >= 4 is 48.5 Å². The van der Waals surface area contributed by atoms with Crippen LogP contribution in [-0.4, -0.2) is 10.9 Å². The van der Waals surface area contributed by atoms with Gasteiger partial charge < -0.3 is 0 Å². The van der Waals surface area contributed by atoms with Crippen LogP contribution in [0.1, 0.15) is 27.8 Å². The van der Waals surface area contributed by atoms with E-state index in [1.807, 2.05) is 47.4 Å². The van der Waals surface area contributed by atoms with Gasteiger partial charge in [0, 0.05) is 4.47 Å². The van der Waals surface area contributed by atoms with E-state index in [1.54, 1.807) is 11.3 Å². The first kappa shape index (κ1) is 20.8. The first-order valence-corrected chi connectivity index (χ1v) is 11.5. The summed E-state index contributed by atoms with van der Waals surface area (Å²) >= 11 is 5.08. The quantitative estimate of drug-likeness (QED) is 0.317. The Bertz CT molecular complexity index is 1190. The minimum absolute atomic E-state index is 0.0621. The molecule has 0 aliphatic rings. The van der Waals surface area contributed by atoms with E-state index in [-0.39, 0.29) is 5.91 Å². The number of amides is 1. The largest absolute Gasteiger partial charge is 0.283 e. The Kier molecular flexibility index (Phi) is 6.02. The third-order valence-electron chi connectivity index (χ3n) is 5.22. The average Bonchev–Trinajstić information content (AvgIpc) is 3.12. The molecule has 0 bridgehead atoms. The van der Waals surface area contributed by atoms with Crippen molar-refractivity contribution in [2.75, 3.05) is 4.90 Å². The monoisotopic (exact) mass is 478 g/mol. The van der Waals surface area contributed by atoms with Gasteiger partial charge in [0.2, 0.25) is 5.91 Å². The van der Waals surface area contributed by atoms with Crippen LogP contribution in [0.15, 0.2) is 65.1 Å². The third kappa shape index (κ3) is 4.47. The molecule has 0 saturated carbocycles. The van der Waals surface area contributed by atoms with Gasteiger partial charge in [0.25, 0.3) is 0 Å². The van der Waals surface area contributed by atoms with Crippen LogP contribution in [0.2, 0.25) is 0 Å². The average molecular weight is 479 g/mol. The lowest BCUT2D eigenvalue weighted by Gasteiger charge is -2.21. The van der Waals surface area contributed by atoms with E-state index in [4.69, 9.17) is 4.98 Å². The van der Waals surface area contributed by atoms with E-state index in [1.165, 1.54) is 5.56 Å². The molecule has 3 aromatic carbocycles. The van der Waals surface area contributed by atoms with Crippen molar-refractivity contribution in [1.82, 2.24) is 4.98 Å². The normalized spacial score (nSPS) is 11.1. The van der Waals surface area contributed by atoms with Crippen LogP contribution < -0.4 is 4.90 Å². The van der Waals surface area contributed by atoms with Crippen LogP contribution in [0.5, 0.6) is 0 Å². The van der Waals surface area contributed by atoms with E-state index >= 15 is 0 Å². The molecule has 0 aliphatic carbocycles. The molecule has 30 heavy (non-hydrogen) atoms. The summed E-state index contributed by atoms with van der Waals surface area (Å²) in [6.45, 7) is 6.76. The Labute approximate surface area is 189 Å². The lowest BCUT2D eigenvalue weighted by Crippen LogP contribution is -2.32. The first-order valence-electron chi connectivity index (χ1n) is 9.88. The molecule has 5 heteroatoms. The van der Waals surface area contributed by atoms with E-state index < -0.39 is 0 Å². The molecule has 0 atom stereocenters. The number of anilines is 1. The third-order valence-corrected chi connectivity index (χ3v) is 6.76. The second kappa shape index (κ2) is 8.70. The molecule has 152 valence electrons. The highest BCUT2D eigenvalue weighted by Crippen LogP contribution is 2.32. The molecular weight excluding hydrogens is 456 g/mol. The summed E-state index contributed by atoms with van der Waals surface area (Å²) in [6, 6.07) is 20.4. The van der Waals surface area contributed by atoms with E-state index in [9.17, 15) is 4.79 Å². The van der Waals surface area contributed by atoms with Crippen molar-refractivity contribution in [3.05, 3.63) is 93.0 Å². The summed E-state index contributed by atoms with van der Waals surface area (Å²) < 4.78 is 2.07. The molecule has 3 nitrogen and oxygen atoms in total. The van der Waals surface area contributed by atoms with Crippen molar-refractivity contribution in [3.8, 4) is 0 Å². The van der Waals surface area contributed by atoms with Crippen molar-refractivity contribution in [1.29, 1.82) is 0 Å². The predicted molar refractivity (Wildman–Crippen MR) is 129 cm³/mol. The second-order valence-electron chi connectivity index (χ2n) is 7.63. The van der Waals surface area contributed by atoms with Crippen LogP contribution in [0.25, 0.3) is 10.2 Å². The van der Waals surface area contributed by atoms with Crippen molar-refractivity contribution in [3.63, 3.8) is 0 Å². The van der Waals surface area contributed by atoms with Crippen molar-refractivity contribution in [2.24, 2.45) is 0 Å². The number of aromatic nitrogens is 1.